The van der Waals surface area contributed by atoms with Crippen LogP contribution in [-0.2, 0) is 16.2 Å². The van der Waals surface area contributed by atoms with Gasteiger partial charge in [-0.3, -0.25) is 14.5 Å². The van der Waals surface area contributed by atoms with Gasteiger partial charge in [-0.2, -0.15) is 0 Å². The van der Waals surface area contributed by atoms with Gasteiger partial charge in [0.1, 0.15) is 6.61 Å². The maximum atomic E-state index is 14.3. The molecule has 29 heavy (non-hydrogen) atoms. The van der Waals surface area contributed by atoms with E-state index in [1.54, 1.807) is 11.0 Å². The summed E-state index contributed by atoms with van der Waals surface area (Å²) in [4.78, 5) is 27.5. The van der Waals surface area contributed by atoms with Crippen LogP contribution in [-0.4, -0.2) is 54.3 Å². The molecule has 0 spiro atoms. The van der Waals surface area contributed by atoms with Crippen molar-refractivity contribution in [1.29, 1.82) is 0 Å². The predicted octanol–water partition coefficient (Wildman–Crippen LogP) is 2.67. The molecule has 2 aromatic rings. The highest BCUT2D eigenvalue weighted by molar-refractivity contribution is 5.92. The van der Waals surface area contributed by atoms with Crippen molar-refractivity contribution in [2.75, 3.05) is 38.0 Å². The Labute approximate surface area is 169 Å². The molecule has 0 bridgehead atoms. The second-order valence-electron chi connectivity index (χ2n) is 6.77. The highest BCUT2D eigenvalue weighted by atomic mass is 19.1. The molecule has 0 radical (unpaired) electrons. The van der Waals surface area contributed by atoms with Crippen molar-refractivity contribution < 1.29 is 18.7 Å². The molecule has 6 nitrogen and oxygen atoms in total. The number of nitrogens with one attached hydrogen (secondary N) is 1. The van der Waals surface area contributed by atoms with Crippen LogP contribution < -0.4 is 10.1 Å². The van der Waals surface area contributed by atoms with Crippen LogP contribution in [0.5, 0.6) is 5.75 Å². The number of hydrogen-bond acceptors (Lipinski definition) is 4. The quantitative estimate of drug-likeness (QED) is 0.730. The molecular weight excluding hydrogens is 373 g/mol. The van der Waals surface area contributed by atoms with Crippen LogP contribution in [0.25, 0.3) is 0 Å². The summed E-state index contributed by atoms with van der Waals surface area (Å²) in [6.45, 7) is 6.26. The zero-order valence-electron chi connectivity index (χ0n) is 16.1. The highest BCUT2D eigenvalue weighted by Gasteiger charge is 2.21. The molecule has 1 heterocycles. The summed E-state index contributed by atoms with van der Waals surface area (Å²) < 4.78 is 19.8. The van der Waals surface area contributed by atoms with Crippen LogP contribution in [0.2, 0.25) is 0 Å². The van der Waals surface area contributed by atoms with Gasteiger partial charge in [0.15, 0.2) is 11.6 Å². The Morgan fingerprint density at radius 3 is 2.48 bits per heavy atom. The first-order valence-corrected chi connectivity index (χ1v) is 9.45. The Morgan fingerprint density at radius 2 is 1.83 bits per heavy atom. The van der Waals surface area contributed by atoms with Crippen molar-refractivity contribution in [3.05, 3.63) is 72.6 Å². The molecule has 3 rings (SSSR count). The van der Waals surface area contributed by atoms with Crippen molar-refractivity contribution in [1.82, 2.24) is 9.80 Å². The second kappa shape index (κ2) is 9.84. The van der Waals surface area contributed by atoms with Gasteiger partial charge >= 0.3 is 0 Å². The van der Waals surface area contributed by atoms with Crippen molar-refractivity contribution in [3.8, 4) is 5.75 Å². The van der Waals surface area contributed by atoms with Crippen molar-refractivity contribution in [3.63, 3.8) is 0 Å². The van der Waals surface area contributed by atoms with E-state index in [4.69, 9.17) is 4.74 Å². The topological polar surface area (TPSA) is 61.9 Å². The van der Waals surface area contributed by atoms with Crippen molar-refractivity contribution >= 4 is 17.5 Å². The van der Waals surface area contributed by atoms with Crippen LogP contribution in [0.1, 0.15) is 5.56 Å². The molecule has 152 valence electrons. The minimum Gasteiger partial charge on any atom is -0.486 e. The number of hydrogen-bond donors (Lipinski definition) is 1. The molecule has 1 N–H and O–H groups in total. The fourth-order valence-electron chi connectivity index (χ4n) is 3.09. The van der Waals surface area contributed by atoms with Gasteiger partial charge in [0, 0.05) is 37.9 Å². The summed E-state index contributed by atoms with van der Waals surface area (Å²) in [5, 5.41) is 2.70. The monoisotopic (exact) mass is 397 g/mol. The van der Waals surface area contributed by atoms with E-state index in [0.29, 0.717) is 31.9 Å². The lowest BCUT2D eigenvalue weighted by molar-refractivity contribution is -0.128. The van der Waals surface area contributed by atoms with E-state index in [0.717, 1.165) is 5.56 Å². The lowest BCUT2D eigenvalue weighted by Crippen LogP contribution is -2.50. The number of carbonyl (C=O) groups excluding carboxylic acids is 2. The summed E-state index contributed by atoms with van der Waals surface area (Å²) in [5.41, 5.74) is 1.32. The van der Waals surface area contributed by atoms with Gasteiger partial charge in [-0.1, -0.05) is 36.9 Å². The zero-order chi connectivity index (χ0) is 20.6. The minimum absolute atomic E-state index is 0.0980. The number of rotatable bonds is 7. The summed E-state index contributed by atoms with van der Waals surface area (Å²) in [5.74, 6) is -0.727. The molecule has 2 amide bonds. The molecule has 1 aliphatic rings. The van der Waals surface area contributed by atoms with Crippen LogP contribution >= 0.6 is 0 Å². The molecule has 0 unspecified atom stereocenters. The standard InChI is InChI=1S/C22H24FN3O3/c1-2-22(28)26-12-10-25(11-13-26)15-21(27)24-18-8-9-20(19(23)14-18)29-16-17-6-4-3-5-7-17/h2-9,14H,1,10-13,15-16H2,(H,24,27). The SMILES string of the molecule is C=CC(=O)N1CCN(CC(=O)Nc2ccc(OCc3ccccc3)c(F)c2)CC1. The largest absolute Gasteiger partial charge is 0.486 e. The van der Waals surface area contributed by atoms with Gasteiger partial charge in [-0.05, 0) is 23.8 Å². The van der Waals surface area contributed by atoms with Gasteiger partial charge < -0.3 is 15.0 Å². The van der Waals surface area contributed by atoms with Crippen molar-refractivity contribution in [2.24, 2.45) is 0 Å². The first-order valence-electron chi connectivity index (χ1n) is 9.45. The molecule has 7 heteroatoms. The van der Waals surface area contributed by atoms with E-state index >= 15 is 0 Å². The summed E-state index contributed by atoms with van der Waals surface area (Å²) in [6.07, 6.45) is 1.30. The number of ether oxygens (including phenoxy) is 1. The average Bonchev–Trinajstić information content (AvgIpc) is 2.74. The number of carbonyl (C=O) groups is 2. The van der Waals surface area contributed by atoms with Crippen LogP contribution in [0.3, 0.4) is 0 Å². The Balaban J connectivity index is 1.47. The molecule has 1 saturated heterocycles. The summed E-state index contributed by atoms with van der Waals surface area (Å²) >= 11 is 0. The second-order valence-corrected chi connectivity index (χ2v) is 6.77. The molecule has 1 aliphatic heterocycles. The van der Waals surface area contributed by atoms with Crippen LogP contribution in [0.15, 0.2) is 61.2 Å². The fraction of sp³-hybridized carbons (Fsp3) is 0.273. The van der Waals surface area contributed by atoms with Gasteiger partial charge in [0.25, 0.3) is 0 Å². The molecule has 0 aliphatic carbocycles. The Morgan fingerprint density at radius 1 is 1.10 bits per heavy atom. The molecule has 1 fully saturated rings. The number of amides is 2. The number of piperazine rings is 1. The average molecular weight is 397 g/mol. The summed E-state index contributed by atoms with van der Waals surface area (Å²) in [7, 11) is 0. The van der Waals surface area contributed by atoms with E-state index < -0.39 is 5.82 Å². The Kier molecular flexibility index (Phi) is 6.97. The Bertz CT molecular complexity index is 865. The molecule has 0 atom stereocenters. The first kappa shape index (κ1) is 20.5. The smallest absolute Gasteiger partial charge is 0.246 e. The van der Waals surface area contributed by atoms with Crippen LogP contribution in [0.4, 0.5) is 10.1 Å². The van der Waals surface area contributed by atoms with Crippen LogP contribution in [0, 0.1) is 5.82 Å². The maximum Gasteiger partial charge on any atom is 0.246 e. The van der Waals surface area contributed by atoms with Gasteiger partial charge in [0.2, 0.25) is 11.8 Å². The first-order chi connectivity index (χ1) is 14.0. The fourth-order valence-corrected chi connectivity index (χ4v) is 3.09. The molecule has 0 saturated carbocycles. The maximum absolute atomic E-state index is 14.3. The van der Waals surface area contributed by atoms with Gasteiger partial charge in [0.05, 0.1) is 6.54 Å². The normalized spacial score (nSPS) is 14.3. The summed E-state index contributed by atoms with van der Waals surface area (Å²) in [6, 6.07) is 13.9. The number of anilines is 1. The third-order valence-electron chi connectivity index (χ3n) is 4.68. The Hall–Kier alpha value is -3.19. The van der Waals surface area contributed by atoms with Gasteiger partial charge in [-0.25, -0.2) is 4.39 Å². The molecular formula is C22H24FN3O3. The predicted molar refractivity (Wildman–Crippen MR) is 109 cm³/mol. The molecule has 2 aromatic carbocycles. The van der Waals surface area contributed by atoms with E-state index in [2.05, 4.69) is 11.9 Å². The lowest BCUT2D eigenvalue weighted by atomic mass is 10.2. The third kappa shape index (κ3) is 5.89. The number of benzene rings is 2. The van der Waals surface area contributed by atoms with E-state index in [9.17, 15) is 14.0 Å². The van der Waals surface area contributed by atoms with E-state index in [-0.39, 0.29) is 30.7 Å². The number of nitrogens with zero attached hydrogens (tertiary/aromatic N) is 2. The number of halogens is 1. The van der Waals surface area contributed by atoms with E-state index in [1.807, 2.05) is 35.2 Å². The van der Waals surface area contributed by atoms with E-state index in [1.165, 1.54) is 18.2 Å². The van der Waals surface area contributed by atoms with Gasteiger partial charge in [-0.15, -0.1) is 0 Å². The highest BCUT2D eigenvalue weighted by Crippen LogP contribution is 2.22. The minimum atomic E-state index is -0.532. The lowest BCUT2D eigenvalue weighted by Gasteiger charge is -2.33. The van der Waals surface area contributed by atoms with Crippen molar-refractivity contribution in [2.45, 2.75) is 6.61 Å². The third-order valence-corrected chi connectivity index (χ3v) is 4.68. The zero-order valence-corrected chi connectivity index (χ0v) is 16.1. The molecule has 0 aromatic heterocycles.